The summed E-state index contributed by atoms with van der Waals surface area (Å²) in [5, 5.41) is 0. The van der Waals surface area contributed by atoms with Gasteiger partial charge in [0, 0.05) is 18.4 Å². The largest absolute Gasteiger partial charge is 0.345 e. The number of benzene rings is 2. The summed E-state index contributed by atoms with van der Waals surface area (Å²) in [6.45, 7) is 16.7. The number of nitrogens with zero attached hydrogens (tertiary/aromatic N) is 1. The maximum Gasteiger partial charge on any atom is 0.0438 e. The molecule has 0 aromatic heterocycles. The molecule has 0 unspecified atom stereocenters. The summed E-state index contributed by atoms with van der Waals surface area (Å²) in [7, 11) is 2.07. The zero-order chi connectivity index (χ0) is 19.3. The smallest absolute Gasteiger partial charge is 0.0438 e. The van der Waals surface area contributed by atoms with Gasteiger partial charge in [-0.25, -0.2) is 0 Å². The van der Waals surface area contributed by atoms with Crippen LogP contribution in [0.3, 0.4) is 0 Å². The standard InChI is InChI=1S/C25H29N/c1-18(2)24-15-16-25(21(5)17-24)26(7)22(6)19(3)13-14-20(4)23-11-9-8-10-12-23/h8-17H,1,6H2,2-5,7H3/b19-13+,20-14+. The van der Waals surface area contributed by atoms with Crippen molar-refractivity contribution in [3.05, 3.63) is 102 Å². The first-order valence-corrected chi connectivity index (χ1v) is 8.91. The van der Waals surface area contributed by atoms with Crippen molar-refractivity contribution in [2.24, 2.45) is 0 Å². The second-order valence-electron chi connectivity index (χ2n) is 6.85. The molecule has 1 nitrogen and oxygen atoms in total. The molecule has 0 N–H and O–H groups in total. The van der Waals surface area contributed by atoms with Gasteiger partial charge in [-0.2, -0.15) is 0 Å². The Hall–Kier alpha value is -2.80. The van der Waals surface area contributed by atoms with E-state index in [-0.39, 0.29) is 0 Å². The first-order chi connectivity index (χ1) is 12.3. The Bertz CT molecular complexity index is 866. The second-order valence-corrected chi connectivity index (χ2v) is 6.85. The molecule has 134 valence electrons. The SMILES string of the molecule is C=C(C)c1ccc(N(C)C(=C)/C(C)=C/C=C(\C)c2ccccc2)c(C)c1. The molecule has 26 heavy (non-hydrogen) atoms. The maximum absolute atomic E-state index is 4.29. The number of likely N-dealkylation sites (N-methyl/N-ethyl adjacent to an activating group) is 1. The lowest BCUT2D eigenvalue weighted by atomic mass is 10.0. The number of anilines is 1. The minimum absolute atomic E-state index is 0.994. The molecule has 1 heteroatoms. The normalized spacial score (nSPS) is 12.0. The third-order valence-electron chi connectivity index (χ3n) is 4.72. The fraction of sp³-hybridized carbons (Fsp3) is 0.200. The molecule has 0 heterocycles. The minimum Gasteiger partial charge on any atom is -0.345 e. The molecule has 2 aromatic carbocycles. The van der Waals surface area contributed by atoms with E-state index in [1.807, 2.05) is 13.0 Å². The van der Waals surface area contributed by atoms with Gasteiger partial charge in [-0.1, -0.05) is 67.3 Å². The van der Waals surface area contributed by atoms with E-state index < -0.39 is 0 Å². The predicted molar refractivity (Wildman–Crippen MR) is 117 cm³/mol. The van der Waals surface area contributed by atoms with E-state index in [0.29, 0.717) is 0 Å². The predicted octanol–water partition coefficient (Wildman–Crippen LogP) is 7.03. The van der Waals surface area contributed by atoms with Gasteiger partial charge in [0.15, 0.2) is 0 Å². The Kier molecular flexibility index (Phi) is 6.41. The van der Waals surface area contributed by atoms with Crippen molar-refractivity contribution in [2.45, 2.75) is 27.7 Å². The summed E-state index contributed by atoms with van der Waals surface area (Å²) in [4.78, 5) is 2.15. The quantitative estimate of drug-likeness (QED) is 0.509. The van der Waals surface area contributed by atoms with Crippen LogP contribution in [0.4, 0.5) is 5.69 Å². The van der Waals surface area contributed by atoms with E-state index in [4.69, 9.17) is 0 Å². The summed E-state index contributed by atoms with van der Waals surface area (Å²) < 4.78 is 0. The van der Waals surface area contributed by atoms with E-state index in [0.717, 1.165) is 22.5 Å². The summed E-state index contributed by atoms with van der Waals surface area (Å²) in [5.41, 5.74) is 9.26. The van der Waals surface area contributed by atoms with Gasteiger partial charge >= 0.3 is 0 Å². The molecule has 0 radical (unpaired) electrons. The first kappa shape index (κ1) is 19.5. The van der Waals surface area contributed by atoms with Gasteiger partial charge < -0.3 is 4.90 Å². The summed E-state index contributed by atoms with van der Waals surface area (Å²) >= 11 is 0. The van der Waals surface area contributed by atoms with Gasteiger partial charge in [-0.15, -0.1) is 0 Å². The van der Waals surface area contributed by atoms with Crippen molar-refractivity contribution in [1.82, 2.24) is 0 Å². The third kappa shape index (κ3) is 4.64. The molecule has 0 fully saturated rings. The molecular formula is C25H29N. The minimum atomic E-state index is 0.994. The molecule has 0 saturated carbocycles. The van der Waals surface area contributed by atoms with Gasteiger partial charge in [0.05, 0.1) is 0 Å². The van der Waals surface area contributed by atoms with Gasteiger partial charge in [-0.3, -0.25) is 0 Å². The second kappa shape index (κ2) is 8.53. The Balaban J connectivity index is 2.20. The average molecular weight is 344 g/mol. The van der Waals surface area contributed by atoms with E-state index in [1.165, 1.54) is 22.3 Å². The highest BCUT2D eigenvalue weighted by molar-refractivity contribution is 5.69. The zero-order valence-corrected chi connectivity index (χ0v) is 16.6. The van der Waals surface area contributed by atoms with E-state index in [2.05, 4.69) is 100 Å². The van der Waals surface area contributed by atoms with Crippen molar-refractivity contribution in [2.75, 3.05) is 11.9 Å². The molecular weight excluding hydrogens is 314 g/mol. The van der Waals surface area contributed by atoms with Crippen molar-refractivity contribution in [1.29, 1.82) is 0 Å². The van der Waals surface area contributed by atoms with Crippen LogP contribution in [-0.4, -0.2) is 7.05 Å². The Labute approximate surface area is 158 Å². The molecule has 2 rings (SSSR count). The fourth-order valence-electron chi connectivity index (χ4n) is 2.85. The van der Waals surface area contributed by atoms with Crippen LogP contribution in [0.25, 0.3) is 11.1 Å². The number of hydrogen-bond donors (Lipinski definition) is 0. The highest BCUT2D eigenvalue weighted by Crippen LogP contribution is 2.27. The molecule has 0 spiro atoms. The van der Waals surface area contributed by atoms with Crippen molar-refractivity contribution < 1.29 is 0 Å². The Morgan fingerprint density at radius 3 is 2.12 bits per heavy atom. The lowest BCUT2D eigenvalue weighted by Gasteiger charge is -2.24. The van der Waals surface area contributed by atoms with Gasteiger partial charge in [0.25, 0.3) is 0 Å². The van der Waals surface area contributed by atoms with Crippen LogP contribution in [0, 0.1) is 6.92 Å². The van der Waals surface area contributed by atoms with Gasteiger partial charge in [-0.05, 0) is 67.7 Å². The van der Waals surface area contributed by atoms with Crippen molar-refractivity contribution in [3.63, 3.8) is 0 Å². The highest BCUT2D eigenvalue weighted by Gasteiger charge is 2.10. The van der Waals surface area contributed by atoms with Crippen molar-refractivity contribution in [3.8, 4) is 0 Å². The summed E-state index contributed by atoms with van der Waals surface area (Å²) in [6.07, 6.45) is 4.29. The average Bonchev–Trinajstić information content (AvgIpc) is 2.65. The molecule has 0 aliphatic carbocycles. The van der Waals surface area contributed by atoms with Crippen LogP contribution in [0.15, 0.2) is 85.1 Å². The molecule has 0 saturated heterocycles. The molecule has 0 aliphatic rings. The summed E-state index contributed by atoms with van der Waals surface area (Å²) in [6, 6.07) is 16.9. The number of hydrogen-bond acceptors (Lipinski definition) is 1. The van der Waals surface area contributed by atoms with E-state index in [1.54, 1.807) is 0 Å². The third-order valence-corrected chi connectivity index (χ3v) is 4.72. The van der Waals surface area contributed by atoms with Gasteiger partial charge in [0.2, 0.25) is 0 Å². The molecule has 0 aliphatic heterocycles. The number of rotatable bonds is 6. The Morgan fingerprint density at radius 1 is 0.885 bits per heavy atom. The van der Waals surface area contributed by atoms with Crippen LogP contribution in [0.5, 0.6) is 0 Å². The molecule has 0 amide bonds. The molecule has 2 aromatic rings. The molecule has 0 atom stereocenters. The fourth-order valence-corrected chi connectivity index (χ4v) is 2.85. The Morgan fingerprint density at radius 2 is 1.54 bits per heavy atom. The van der Waals surface area contributed by atoms with E-state index >= 15 is 0 Å². The van der Waals surface area contributed by atoms with Crippen LogP contribution in [0.1, 0.15) is 37.5 Å². The van der Waals surface area contributed by atoms with Crippen LogP contribution in [0.2, 0.25) is 0 Å². The lowest BCUT2D eigenvalue weighted by Crippen LogP contribution is -2.17. The van der Waals surface area contributed by atoms with Crippen molar-refractivity contribution >= 4 is 16.8 Å². The van der Waals surface area contributed by atoms with Crippen LogP contribution < -0.4 is 4.90 Å². The molecule has 0 bridgehead atoms. The highest BCUT2D eigenvalue weighted by atomic mass is 15.1. The lowest BCUT2D eigenvalue weighted by molar-refractivity contribution is 1.09. The number of aryl methyl sites for hydroxylation is 1. The van der Waals surface area contributed by atoms with Crippen LogP contribution in [-0.2, 0) is 0 Å². The summed E-state index contributed by atoms with van der Waals surface area (Å²) in [5.74, 6) is 0. The van der Waals surface area contributed by atoms with Gasteiger partial charge in [0.1, 0.15) is 0 Å². The topological polar surface area (TPSA) is 3.24 Å². The zero-order valence-electron chi connectivity index (χ0n) is 16.6. The monoisotopic (exact) mass is 343 g/mol. The number of allylic oxidation sites excluding steroid dienone is 5. The van der Waals surface area contributed by atoms with E-state index in [9.17, 15) is 0 Å². The van der Waals surface area contributed by atoms with Crippen LogP contribution >= 0.6 is 0 Å². The maximum atomic E-state index is 4.29. The first-order valence-electron chi connectivity index (χ1n) is 8.91.